The Balaban J connectivity index is 2.69. The van der Waals surface area contributed by atoms with Crippen LogP contribution in [0.1, 0.15) is 15.9 Å². The maximum Gasteiger partial charge on any atom is 0.418 e. The number of aromatic carboxylic acids is 1. The lowest BCUT2D eigenvalue weighted by Gasteiger charge is -2.12. The summed E-state index contributed by atoms with van der Waals surface area (Å²) in [5.41, 5.74) is -2.24. The molecule has 2 aromatic rings. The molecule has 0 saturated carbocycles. The van der Waals surface area contributed by atoms with Crippen LogP contribution in [-0.4, -0.2) is 16.1 Å². The molecule has 0 aliphatic rings. The molecule has 2 rings (SSSR count). The third kappa shape index (κ3) is 3.29. The minimum Gasteiger partial charge on any atom is -0.478 e. The van der Waals surface area contributed by atoms with Crippen molar-refractivity contribution >= 4 is 40.8 Å². The fraction of sp³-hybridized carbons (Fsp3) is 0.0769. The lowest BCUT2D eigenvalue weighted by molar-refractivity contribution is -0.138. The second-order valence-electron chi connectivity index (χ2n) is 4.17. The van der Waals surface area contributed by atoms with E-state index in [1.165, 1.54) is 12.1 Å². The van der Waals surface area contributed by atoms with Gasteiger partial charge in [0.1, 0.15) is 0 Å². The number of carboxylic acid groups (broad SMARTS) is 1. The van der Waals surface area contributed by atoms with Crippen molar-refractivity contribution in [2.75, 3.05) is 0 Å². The molecule has 0 unspecified atom stereocenters. The lowest BCUT2D eigenvalue weighted by atomic mass is 10.0. The number of carboxylic acids is 1. The molecule has 1 aromatic heterocycles. The number of alkyl halides is 3. The van der Waals surface area contributed by atoms with E-state index < -0.39 is 23.3 Å². The summed E-state index contributed by atoms with van der Waals surface area (Å²) in [6.45, 7) is 0. The third-order valence-corrected chi connectivity index (χ3v) is 3.73. The minimum absolute atomic E-state index is 0.00895. The first-order valence-corrected chi connectivity index (χ1v) is 6.70. The predicted octanol–water partition coefficient (Wildman–Crippen LogP) is 5.43. The molecule has 0 aliphatic heterocycles. The van der Waals surface area contributed by atoms with Gasteiger partial charge in [0.05, 0.1) is 26.9 Å². The molecule has 3 nitrogen and oxygen atoms in total. The van der Waals surface area contributed by atoms with Gasteiger partial charge in [-0.25, -0.2) is 4.79 Å². The maximum absolute atomic E-state index is 12.8. The zero-order valence-corrected chi connectivity index (χ0v) is 12.6. The fourth-order valence-corrected chi connectivity index (χ4v) is 2.45. The first-order chi connectivity index (χ1) is 10.1. The Kier molecular flexibility index (Phi) is 4.56. The summed E-state index contributed by atoms with van der Waals surface area (Å²) in [6, 6.07) is 3.45. The number of hydrogen-bond donors (Lipinski definition) is 1. The molecule has 0 aliphatic carbocycles. The summed E-state index contributed by atoms with van der Waals surface area (Å²) in [7, 11) is 0. The van der Waals surface area contributed by atoms with Gasteiger partial charge in [-0.15, -0.1) is 0 Å². The Morgan fingerprint density at radius 3 is 2.32 bits per heavy atom. The molecule has 1 aromatic carbocycles. The van der Waals surface area contributed by atoms with E-state index in [9.17, 15) is 18.0 Å². The van der Waals surface area contributed by atoms with Gasteiger partial charge in [-0.3, -0.25) is 4.98 Å². The molecule has 9 heteroatoms. The molecular formula is C13H5Cl3F3NO2. The van der Waals surface area contributed by atoms with Gasteiger partial charge in [-0.1, -0.05) is 34.8 Å². The Bertz CT molecular complexity index is 763. The number of rotatable bonds is 2. The summed E-state index contributed by atoms with van der Waals surface area (Å²) in [5, 5.41) is 9.23. The maximum atomic E-state index is 12.8. The quantitative estimate of drug-likeness (QED) is 0.718. The van der Waals surface area contributed by atoms with Crippen LogP contribution in [0.2, 0.25) is 15.1 Å². The Morgan fingerprint density at radius 2 is 1.77 bits per heavy atom. The van der Waals surface area contributed by atoms with Crippen molar-refractivity contribution in [2.24, 2.45) is 0 Å². The highest BCUT2D eigenvalue weighted by Gasteiger charge is 2.36. The second kappa shape index (κ2) is 5.95. The van der Waals surface area contributed by atoms with Crippen LogP contribution in [0.25, 0.3) is 11.3 Å². The van der Waals surface area contributed by atoms with E-state index in [4.69, 9.17) is 39.9 Å². The highest BCUT2D eigenvalue weighted by atomic mass is 35.5. The summed E-state index contributed by atoms with van der Waals surface area (Å²) in [4.78, 5) is 14.7. The van der Waals surface area contributed by atoms with Crippen LogP contribution in [0.3, 0.4) is 0 Å². The SMILES string of the molecule is O=C(O)c1cc(-c2cc(Cl)cc(Cl)c2Cl)ncc1C(F)(F)F. The topological polar surface area (TPSA) is 50.2 Å². The highest BCUT2D eigenvalue weighted by molar-refractivity contribution is 6.45. The number of aromatic nitrogens is 1. The first kappa shape index (κ1) is 16.9. The molecule has 1 N–H and O–H groups in total. The molecule has 0 radical (unpaired) electrons. The van der Waals surface area contributed by atoms with E-state index in [1.807, 2.05) is 0 Å². The molecule has 22 heavy (non-hydrogen) atoms. The number of hydrogen-bond acceptors (Lipinski definition) is 2. The molecule has 0 bridgehead atoms. The van der Waals surface area contributed by atoms with Crippen molar-refractivity contribution in [2.45, 2.75) is 6.18 Å². The average Bonchev–Trinajstić information content (AvgIpc) is 2.41. The Hall–Kier alpha value is -1.50. The molecule has 1 heterocycles. The van der Waals surface area contributed by atoms with Crippen molar-refractivity contribution < 1.29 is 23.1 Å². The molecule has 116 valence electrons. The highest BCUT2D eigenvalue weighted by Crippen LogP contribution is 2.38. The number of halogens is 6. The van der Waals surface area contributed by atoms with Gasteiger partial charge >= 0.3 is 12.1 Å². The van der Waals surface area contributed by atoms with Crippen molar-refractivity contribution in [1.29, 1.82) is 0 Å². The molecular weight excluding hydrogens is 366 g/mol. The minimum atomic E-state index is -4.84. The van der Waals surface area contributed by atoms with E-state index >= 15 is 0 Å². The summed E-state index contributed by atoms with van der Waals surface area (Å²) in [6.07, 6.45) is -4.40. The monoisotopic (exact) mass is 369 g/mol. The van der Waals surface area contributed by atoms with Crippen molar-refractivity contribution in [3.8, 4) is 11.3 Å². The molecule has 0 amide bonds. The molecule has 0 fully saturated rings. The standard InChI is InChI=1S/C13H5Cl3F3NO2/c14-5-1-7(11(16)9(15)2-5)10-3-6(12(21)22)8(4-20-10)13(17,18)19/h1-4H,(H,21,22). The van der Waals surface area contributed by atoms with Crippen LogP contribution in [0.5, 0.6) is 0 Å². The van der Waals surface area contributed by atoms with Crippen molar-refractivity contribution in [3.05, 3.63) is 50.6 Å². The van der Waals surface area contributed by atoms with E-state index in [0.717, 1.165) is 6.07 Å². The molecule has 0 saturated heterocycles. The van der Waals surface area contributed by atoms with Crippen molar-refractivity contribution in [3.63, 3.8) is 0 Å². The fourth-order valence-electron chi connectivity index (χ4n) is 1.75. The van der Waals surface area contributed by atoms with E-state index in [1.54, 1.807) is 0 Å². The summed E-state index contributed by atoms with van der Waals surface area (Å²) in [5.74, 6) is -1.74. The van der Waals surface area contributed by atoms with Gasteiger partial charge in [-0.2, -0.15) is 13.2 Å². The average molecular weight is 371 g/mol. The Morgan fingerprint density at radius 1 is 1.14 bits per heavy atom. The predicted molar refractivity (Wildman–Crippen MR) is 76.7 cm³/mol. The summed E-state index contributed by atoms with van der Waals surface area (Å²) < 4.78 is 38.3. The number of nitrogens with zero attached hydrogens (tertiary/aromatic N) is 1. The third-order valence-electron chi connectivity index (χ3n) is 2.71. The zero-order chi connectivity index (χ0) is 16.7. The van der Waals surface area contributed by atoms with Crippen molar-refractivity contribution in [1.82, 2.24) is 4.98 Å². The summed E-state index contributed by atoms with van der Waals surface area (Å²) >= 11 is 17.6. The van der Waals surface area contributed by atoms with Gasteiger partial charge in [0, 0.05) is 16.8 Å². The van der Waals surface area contributed by atoms with Crippen LogP contribution in [0, 0.1) is 0 Å². The van der Waals surface area contributed by atoms with Gasteiger partial charge in [-0.05, 0) is 18.2 Å². The Labute approximate surface area is 137 Å². The molecule has 0 atom stereocenters. The number of benzene rings is 1. The first-order valence-electron chi connectivity index (χ1n) is 5.56. The normalized spacial score (nSPS) is 11.5. The van der Waals surface area contributed by atoms with Crippen LogP contribution in [0.4, 0.5) is 13.2 Å². The van der Waals surface area contributed by atoms with E-state index in [0.29, 0.717) is 6.20 Å². The van der Waals surface area contributed by atoms with Crippen LogP contribution in [-0.2, 0) is 6.18 Å². The van der Waals surface area contributed by atoms with Crippen LogP contribution in [0.15, 0.2) is 24.4 Å². The van der Waals surface area contributed by atoms with Gasteiger partial charge in [0.15, 0.2) is 0 Å². The molecule has 0 spiro atoms. The number of carbonyl (C=O) groups is 1. The van der Waals surface area contributed by atoms with Crippen LogP contribution < -0.4 is 0 Å². The van der Waals surface area contributed by atoms with E-state index in [2.05, 4.69) is 4.98 Å². The van der Waals surface area contributed by atoms with Crippen LogP contribution >= 0.6 is 34.8 Å². The largest absolute Gasteiger partial charge is 0.478 e. The zero-order valence-electron chi connectivity index (χ0n) is 10.4. The van der Waals surface area contributed by atoms with Gasteiger partial charge in [0.25, 0.3) is 0 Å². The van der Waals surface area contributed by atoms with Gasteiger partial charge in [0.2, 0.25) is 0 Å². The lowest BCUT2D eigenvalue weighted by Crippen LogP contribution is -2.13. The smallest absolute Gasteiger partial charge is 0.418 e. The second-order valence-corrected chi connectivity index (χ2v) is 5.39. The van der Waals surface area contributed by atoms with Gasteiger partial charge < -0.3 is 5.11 Å². The van der Waals surface area contributed by atoms with E-state index in [-0.39, 0.29) is 26.3 Å². The number of pyridine rings is 1.